The number of benzene rings is 1. The maximum absolute atomic E-state index is 12.1. The van der Waals surface area contributed by atoms with E-state index in [9.17, 15) is 4.79 Å². The van der Waals surface area contributed by atoms with E-state index in [4.69, 9.17) is 4.74 Å². The van der Waals surface area contributed by atoms with Crippen LogP contribution in [0.3, 0.4) is 0 Å². The molecule has 8 nitrogen and oxygen atoms in total. The molecule has 0 unspecified atom stereocenters. The van der Waals surface area contributed by atoms with Gasteiger partial charge in [-0.1, -0.05) is 6.07 Å². The van der Waals surface area contributed by atoms with Crippen LogP contribution in [0.4, 0.5) is 11.5 Å². The zero-order valence-electron chi connectivity index (χ0n) is 18.3. The molecule has 0 atom stereocenters. The number of hydrogen-bond donors (Lipinski definition) is 2. The van der Waals surface area contributed by atoms with Gasteiger partial charge in [-0.25, -0.2) is 4.98 Å². The van der Waals surface area contributed by atoms with Crippen LogP contribution in [-0.4, -0.2) is 68.6 Å². The number of halogens is 1. The zero-order chi connectivity index (χ0) is 21.3. The second-order valence-electron chi connectivity index (χ2n) is 7.17. The first-order valence-corrected chi connectivity index (χ1v) is 10.2. The summed E-state index contributed by atoms with van der Waals surface area (Å²) < 4.78 is 5.23. The Morgan fingerprint density at radius 1 is 1.13 bits per heavy atom. The number of methoxy groups -OCH3 is 1. The summed E-state index contributed by atoms with van der Waals surface area (Å²) in [5, 5.41) is 6.11. The number of amides is 1. The van der Waals surface area contributed by atoms with Crippen LogP contribution in [0.15, 0.2) is 47.6 Å². The van der Waals surface area contributed by atoms with Crippen molar-refractivity contribution in [1.82, 2.24) is 15.2 Å². The summed E-state index contributed by atoms with van der Waals surface area (Å²) in [6.07, 6.45) is 2.09. The Hall–Kier alpha value is -2.56. The largest absolute Gasteiger partial charge is 0.497 e. The first kappa shape index (κ1) is 24.7. The predicted molar refractivity (Wildman–Crippen MR) is 136 cm³/mol. The number of nitrogens with zero attached hydrogens (tertiary/aromatic N) is 4. The summed E-state index contributed by atoms with van der Waals surface area (Å²) >= 11 is 0. The van der Waals surface area contributed by atoms with Crippen LogP contribution in [0.2, 0.25) is 0 Å². The van der Waals surface area contributed by atoms with Crippen molar-refractivity contribution in [3.05, 3.63) is 48.2 Å². The highest BCUT2D eigenvalue weighted by Gasteiger charge is 2.20. The van der Waals surface area contributed by atoms with Crippen molar-refractivity contribution in [2.45, 2.75) is 13.3 Å². The highest BCUT2D eigenvalue weighted by Crippen LogP contribution is 2.20. The number of hydrogen-bond acceptors (Lipinski definition) is 5. The molecule has 1 amide bonds. The molecular formula is C22H31IN6O2. The van der Waals surface area contributed by atoms with Crippen LogP contribution in [0.1, 0.15) is 12.0 Å². The van der Waals surface area contributed by atoms with E-state index in [1.165, 1.54) is 5.69 Å². The van der Waals surface area contributed by atoms with Gasteiger partial charge in [0.25, 0.3) is 0 Å². The molecule has 3 rings (SSSR count). The Morgan fingerprint density at radius 3 is 2.42 bits per heavy atom. The van der Waals surface area contributed by atoms with Crippen molar-refractivity contribution in [1.29, 1.82) is 0 Å². The Morgan fingerprint density at radius 2 is 1.84 bits per heavy atom. The minimum absolute atomic E-state index is 0. The molecule has 1 aliphatic rings. The molecule has 0 radical (unpaired) electrons. The van der Waals surface area contributed by atoms with Crippen LogP contribution < -0.4 is 20.3 Å². The summed E-state index contributed by atoms with van der Waals surface area (Å²) in [7, 11) is 3.45. The fourth-order valence-corrected chi connectivity index (χ4v) is 3.34. The molecule has 1 aromatic heterocycles. The Labute approximate surface area is 201 Å². The molecule has 1 aromatic carbocycles. The molecule has 2 heterocycles. The topological polar surface area (TPSA) is 82.1 Å². The van der Waals surface area contributed by atoms with Gasteiger partial charge in [-0.15, -0.1) is 24.0 Å². The zero-order valence-corrected chi connectivity index (χ0v) is 20.6. The third-order valence-corrected chi connectivity index (χ3v) is 5.04. The minimum Gasteiger partial charge on any atom is -0.497 e. The van der Waals surface area contributed by atoms with E-state index in [2.05, 4.69) is 42.5 Å². The van der Waals surface area contributed by atoms with Crippen molar-refractivity contribution in [3.8, 4) is 5.75 Å². The van der Waals surface area contributed by atoms with Gasteiger partial charge in [0, 0.05) is 58.1 Å². The van der Waals surface area contributed by atoms with E-state index in [1.807, 2.05) is 31.2 Å². The number of nitrogens with one attached hydrogen (secondary N) is 2. The monoisotopic (exact) mass is 538 g/mol. The van der Waals surface area contributed by atoms with Crippen molar-refractivity contribution in [2.24, 2.45) is 4.99 Å². The summed E-state index contributed by atoms with van der Waals surface area (Å²) in [6, 6.07) is 11.9. The van der Waals surface area contributed by atoms with E-state index in [1.54, 1.807) is 20.4 Å². The molecule has 2 aromatic rings. The number of ether oxygens (including phenoxy) is 1. The maximum Gasteiger partial charge on any atom is 0.227 e. The fourth-order valence-electron chi connectivity index (χ4n) is 3.34. The molecule has 31 heavy (non-hydrogen) atoms. The Balaban J connectivity index is 0.00000341. The number of guanidine groups is 1. The van der Waals surface area contributed by atoms with E-state index in [0.29, 0.717) is 18.8 Å². The average Bonchev–Trinajstić information content (AvgIpc) is 2.78. The van der Waals surface area contributed by atoms with Crippen LogP contribution in [0.25, 0.3) is 0 Å². The van der Waals surface area contributed by atoms with Gasteiger partial charge in [-0.3, -0.25) is 9.79 Å². The normalized spacial score (nSPS) is 14.0. The number of aliphatic imine (C=N–C) groups is 1. The van der Waals surface area contributed by atoms with Gasteiger partial charge in [-0.05, 0) is 42.8 Å². The Kier molecular flexibility index (Phi) is 9.83. The van der Waals surface area contributed by atoms with Gasteiger partial charge >= 0.3 is 0 Å². The lowest BCUT2D eigenvalue weighted by Gasteiger charge is -2.37. The first-order chi connectivity index (χ1) is 14.6. The molecule has 0 bridgehead atoms. The van der Waals surface area contributed by atoms with E-state index in [-0.39, 0.29) is 29.9 Å². The molecule has 0 aliphatic carbocycles. The standard InChI is InChI=1S/C22H30N6O2.HI/c1-17-4-9-20(25-16-17)26-21(29)10-11-24-22(23-2)28-14-12-27(13-15-28)18-5-7-19(30-3)8-6-18;/h4-9,16H,10-15H2,1-3H3,(H,23,24)(H,25,26,29);1H. The number of anilines is 2. The first-order valence-electron chi connectivity index (χ1n) is 10.2. The molecule has 9 heteroatoms. The van der Waals surface area contributed by atoms with Gasteiger partial charge in [0.2, 0.25) is 5.91 Å². The van der Waals surface area contributed by atoms with Crippen molar-refractivity contribution in [2.75, 3.05) is 57.1 Å². The van der Waals surface area contributed by atoms with Crippen molar-refractivity contribution < 1.29 is 9.53 Å². The van der Waals surface area contributed by atoms with Gasteiger partial charge < -0.3 is 25.2 Å². The SMILES string of the molecule is CN=C(NCCC(=O)Nc1ccc(C)cn1)N1CCN(c2ccc(OC)cc2)CC1.I. The highest BCUT2D eigenvalue weighted by atomic mass is 127. The summed E-state index contributed by atoms with van der Waals surface area (Å²) in [5.41, 5.74) is 2.25. The summed E-state index contributed by atoms with van der Waals surface area (Å²) in [6.45, 7) is 6.03. The summed E-state index contributed by atoms with van der Waals surface area (Å²) in [4.78, 5) is 25.3. The van der Waals surface area contributed by atoms with Crippen LogP contribution in [-0.2, 0) is 4.79 Å². The lowest BCUT2D eigenvalue weighted by atomic mass is 10.2. The molecule has 2 N–H and O–H groups in total. The number of carbonyl (C=O) groups excluding carboxylic acids is 1. The van der Waals surface area contributed by atoms with Crippen molar-refractivity contribution >= 4 is 47.3 Å². The third-order valence-electron chi connectivity index (χ3n) is 5.04. The Bertz CT molecular complexity index is 849. The quantitative estimate of drug-likeness (QED) is 0.335. The van der Waals surface area contributed by atoms with Crippen LogP contribution in [0, 0.1) is 6.92 Å². The predicted octanol–water partition coefficient (Wildman–Crippen LogP) is 2.74. The number of rotatable bonds is 6. The van der Waals surface area contributed by atoms with Gasteiger partial charge in [0.05, 0.1) is 7.11 Å². The third kappa shape index (κ3) is 7.27. The number of aromatic nitrogens is 1. The fraction of sp³-hybridized carbons (Fsp3) is 0.409. The maximum atomic E-state index is 12.1. The molecule has 1 saturated heterocycles. The smallest absolute Gasteiger partial charge is 0.227 e. The molecule has 0 saturated carbocycles. The molecule has 1 fully saturated rings. The van der Waals surface area contributed by atoms with Crippen molar-refractivity contribution in [3.63, 3.8) is 0 Å². The lowest BCUT2D eigenvalue weighted by Crippen LogP contribution is -2.52. The van der Waals surface area contributed by atoms with Gasteiger partial charge in [0.15, 0.2) is 5.96 Å². The number of aryl methyl sites for hydroxylation is 1. The minimum atomic E-state index is -0.0707. The lowest BCUT2D eigenvalue weighted by molar-refractivity contribution is -0.116. The van der Waals surface area contributed by atoms with E-state index < -0.39 is 0 Å². The number of pyridine rings is 1. The molecule has 168 valence electrons. The highest BCUT2D eigenvalue weighted by molar-refractivity contribution is 14.0. The van der Waals surface area contributed by atoms with Crippen LogP contribution in [0.5, 0.6) is 5.75 Å². The van der Waals surface area contributed by atoms with E-state index in [0.717, 1.165) is 43.5 Å². The van der Waals surface area contributed by atoms with Gasteiger partial charge in [0.1, 0.15) is 11.6 Å². The number of piperazine rings is 1. The molecule has 1 aliphatic heterocycles. The second-order valence-corrected chi connectivity index (χ2v) is 7.17. The molecular weight excluding hydrogens is 507 g/mol. The molecule has 0 spiro atoms. The summed E-state index contributed by atoms with van der Waals surface area (Å²) in [5.74, 6) is 2.19. The second kappa shape index (κ2) is 12.3. The van der Waals surface area contributed by atoms with E-state index >= 15 is 0 Å². The van der Waals surface area contributed by atoms with Gasteiger partial charge in [-0.2, -0.15) is 0 Å². The average molecular weight is 538 g/mol. The number of carbonyl (C=O) groups is 1. The van der Waals surface area contributed by atoms with Crippen LogP contribution >= 0.6 is 24.0 Å².